The summed E-state index contributed by atoms with van der Waals surface area (Å²) in [6.45, 7) is 5.79. The van der Waals surface area contributed by atoms with E-state index in [2.05, 4.69) is 21.8 Å². The van der Waals surface area contributed by atoms with Gasteiger partial charge >= 0.3 is 0 Å². The molecule has 112 valence electrons. The molecule has 0 saturated carbocycles. The van der Waals surface area contributed by atoms with Crippen molar-refractivity contribution in [3.05, 3.63) is 23.8 Å². The minimum Gasteiger partial charge on any atom is -0.368 e. The van der Waals surface area contributed by atoms with E-state index in [9.17, 15) is 0 Å². The van der Waals surface area contributed by atoms with Crippen molar-refractivity contribution >= 4 is 0 Å². The number of hydrogen-bond acceptors (Lipinski definition) is 6. The van der Waals surface area contributed by atoms with Gasteiger partial charge in [-0.1, -0.05) is 6.92 Å². The minimum atomic E-state index is -0.466. The smallest absolute Gasteiger partial charge is 0.200 e. The molecular formula is C14H23N3O3. The molecule has 0 bridgehead atoms. The Balaban J connectivity index is 2.09. The average molecular weight is 281 g/mol. The van der Waals surface area contributed by atoms with Gasteiger partial charge in [0.25, 0.3) is 0 Å². The zero-order valence-corrected chi connectivity index (χ0v) is 12.4. The third-order valence-electron chi connectivity index (χ3n) is 3.34. The third-order valence-corrected chi connectivity index (χ3v) is 3.34. The molecule has 0 radical (unpaired) electrons. The topological polar surface area (TPSA) is 56.7 Å². The summed E-state index contributed by atoms with van der Waals surface area (Å²) >= 11 is 0. The summed E-state index contributed by atoms with van der Waals surface area (Å²) in [6, 6.07) is 1.80. The third kappa shape index (κ3) is 3.73. The van der Waals surface area contributed by atoms with Crippen LogP contribution in [0, 0.1) is 0 Å². The number of hydrogen-bond donors (Lipinski definition) is 0. The van der Waals surface area contributed by atoms with Gasteiger partial charge in [-0.25, -0.2) is 9.97 Å². The molecule has 1 unspecified atom stereocenters. The molecule has 6 heteroatoms. The van der Waals surface area contributed by atoms with Gasteiger partial charge in [-0.05, 0) is 19.0 Å². The lowest BCUT2D eigenvalue weighted by atomic mass is 10.2. The van der Waals surface area contributed by atoms with E-state index in [0.717, 1.165) is 38.4 Å². The Morgan fingerprint density at radius 1 is 1.45 bits per heavy atom. The van der Waals surface area contributed by atoms with Gasteiger partial charge in [0, 0.05) is 33.5 Å². The normalized spacial score (nSPS) is 20.5. The summed E-state index contributed by atoms with van der Waals surface area (Å²) in [5, 5.41) is 0. The molecule has 2 rings (SSSR count). The quantitative estimate of drug-likeness (QED) is 0.737. The van der Waals surface area contributed by atoms with Crippen LogP contribution >= 0.6 is 0 Å². The van der Waals surface area contributed by atoms with Crippen LogP contribution < -0.4 is 0 Å². The maximum atomic E-state index is 5.79. The molecule has 6 nitrogen and oxygen atoms in total. The van der Waals surface area contributed by atoms with Crippen molar-refractivity contribution in [1.82, 2.24) is 14.9 Å². The highest BCUT2D eigenvalue weighted by Gasteiger charge is 2.24. The molecule has 1 saturated heterocycles. The van der Waals surface area contributed by atoms with Crippen molar-refractivity contribution < 1.29 is 14.2 Å². The summed E-state index contributed by atoms with van der Waals surface area (Å²) in [5.74, 6) is 0.697. The van der Waals surface area contributed by atoms with E-state index < -0.39 is 6.29 Å². The Morgan fingerprint density at radius 3 is 2.95 bits per heavy atom. The SMILES string of the molecule is CCCN1CCOC(c2nccc(C(OC)OC)n2)C1. The van der Waals surface area contributed by atoms with Crippen molar-refractivity contribution in [2.24, 2.45) is 0 Å². The van der Waals surface area contributed by atoms with Gasteiger partial charge < -0.3 is 14.2 Å². The fourth-order valence-electron chi connectivity index (χ4n) is 2.39. The first kappa shape index (κ1) is 15.3. The monoisotopic (exact) mass is 281 g/mol. The van der Waals surface area contributed by atoms with E-state index in [1.807, 2.05) is 0 Å². The molecule has 0 amide bonds. The molecule has 0 aromatic carbocycles. The second-order valence-electron chi connectivity index (χ2n) is 4.80. The highest BCUT2D eigenvalue weighted by atomic mass is 16.7. The fraction of sp³-hybridized carbons (Fsp3) is 0.714. The summed E-state index contributed by atoms with van der Waals surface area (Å²) < 4.78 is 16.2. The summed E-state index contributed by atoms with van der Waals surface area (Å²) in [6.07, 6.45) is 2.32. The van der Waals surface area contributed by atoms with Crippen LogP contribution in [-0.4, -0.2) is 55.3 Å². The van der Waals surface area contributed by atoms with Gasteiger partial charge in [0.1, 0.15) is 11.8 Å². The molecule has 2 heterocycles. The number of morpholine rings is 1. The summed E-state index contributed by atoms with van der Waals surface area (Å²) in [5.41, 5.74) is 0.719. The van der Waals surface area contributed by atoms with Crippen molar-refractivity contribution in [1.29, 1.82) is 0 Å². The van der Waals surface area contributed by atoms with Crippen molar-refractivity contribution in [3.63, 3.8) is 0 Å². The fourth-order valence-corrected chi connectivity index (χ4v) is 2.39. The standard InChI is InChI=1S/C14H23N3O3/c1-4-7-17-8-9-20-12(10-17)13-15-6-5-11(16-13)14(18-2)19-3/h5-6,12,14H,4,7-10H2,1-3H3. The second kappa shape index (κ2) is 7.64. The molecule has 1 fully saturated rings. The van der Waals surface area contributed by atoms with Crippen LogP contribution in [-0.2, 0) is 14.2 Å². The van der Waals surface area contributed by atoms with Crippen molar-refractivity contribution in [3.8, 4) is 0 Å². The van der Waals surface area contributed by atoms with Gasteiger partial charge in [-0.3, -0.25) is 4.90 Å². The van der Waals surface area contributed by atoms with Crippen molar-refractivity contribution in [2.75, 3.05) is 40.5 Å². The Morgan fingerprint density at radius 2 is 2.25 bits per heavy atom. The number of aromatic nitrogens is 2. The van der Waals surface area contributed by atoms with Crippen LogP contribution in [0.5, 0.6) is 0 Å². The second-order valence-corrected chi connectivity index (χ2v) is 4.80. The molecule has 1 aliphatic heterocycles. The molecule has 0 spiro atoms. The first-order valence-corrected chi connectivity index (χ1v) is 7.00. The Kier molecular flexibility index (Phi) is 5.85. The van der Waals surface area contributed by atoms with Crippen LogP contribution in [0.25, 0.3) is 0 Å². The first-order chi connectivity index (χ1) is 9.78. The average Bonchev–Trinajstić information content (AvgIpc) is 2.50. The maximum Gasteiger partial charge on any atom is 0.200 e. The van der Waals surface area contributed by atoms with E-state index in [1.54, 1.807) is 26.5 Å². The van der Waals surface area contributed by atoms with E-state index in [0.29, 0.717) is 5.82 Å². The van der Waals surface area contributed by atoms with Crippen LogP contribution in [0.3, 0.4) is 0 Å². The minimum absolute atomic E-state index is 0.0791. The number of nitrogens with zero attached hydrogens (tertiary/aromatic N) is 3. The van der Waals surface area contributed by atoms with E-state index in [1.165, 1.54) is 0 Å². The summed E-state index contributed by atoms with van der Waals surface area (Å²) in [4.78, 5) is 11.2. The molecule has 0 N–H and O–H groups in total. The highest BCUT2D eigenvalue weighted by Crippen LogP contribution is 2.21. The Labute approximate surface area is 120 Å². The zero-order valence-electron chi connectivity index (χ0n) is 12.4. The van der Waals surface area contributed by atoms with E-state index in [4.69, 9.17) is 14.2 Å². The van der Waals surface area contributed by atoms with E-state index in [-0.39, 0.29) is 6.10 Å². The molecule has 0 aliphatic carbocycles. The van der Waals surface area contributed by atoms with Gasteiger partial charge in [-0.15, -0.1) is 0 Å². The van der Waals surface area contributed by atoms with E-state index >= 15 is 0 Å². The lowest BCUT2D eigenvalue weighted by Crippen LogP contribution is -2.39. The van der Waals surface area contributed by atoms with Crippen LogP contribution in [0.1, 0.15) is 37.3 Å². The molecule has 1 aliphatic rings. The molecule has 1 aromatic rings. The van der Waals surface area contributed by atoms with Gasteiger partial charge in [-0.2, -0.15) is 0 Å². The van der Waals surface area contributed by atoms with Crippen LogP contribution in [0.2, 0.25) is 0 Å². The maximum absolute atomic E-state index is 5.79. The Bertz CT molecular complexity index is 410. The predicted molar refractivity (Wildman–Crippen MR) is 74.2 cm³/mol. The van der Waals surface area contributed by atoms with Gasteiger partial charge in [0.2, 0.25) is 6.29 Å². The zero-order chi connectivity index (χ0) is 14.4. The Hall–Kier alpha value is -1.08. The van der Waals surface area contributed by atoms with Crippen LogP contribution in [0.15, 0.2) is 12.3 Å². The lowest BCUT2D eigenvalue weighted by molar-refractivity contribution is -0.109. The molecule has 1 atom stereocenters. The lowest BCUT2D eigenvalue weighted by Gasteiger charge is -2.32. The molecular weight excluding hydrogens is 258 g/mol. The number of methoxy groups -OCH3 is 2. The summed E-state index contributed by atoms with van der Waals surface area (Å²) in [7, 11) is 3.19. The molecule has 1 aromatic heterocycles. The number of rotatable bonds is 6. The van der Waals surface area contributed by atoms with Gasteiger partial charge in [0.05, 0.1) is 6.61 Å². The highest BCUT2D eigenvalue weighted by molar-refractivity contribution is 5.06. The largest absolute Gasteiger partial charge is 0.368 e. The predicted octanol–water partition coefficient (Wildman–Crippen LogP) is 1.55. The van der Waals surface area contributed by atoms with Gasteiger partial charge in [0.15, 0.2) is 5.82 Å². The molecule has 20 heavy (non-hydrogen) atoms. The first-order valence-electron chi connectivity index (χ1n) is 7.00. The number of ether oxygens (including phenoxy) is 3. The van der Waals surface area contributed by atoms with Crippen molar-refractivity contribution in [2.45, 2.75) is 25.7 Å². The van der Waals surface area contributed by atoms with Crippen LogP contribution in [0.4, 0.5) is 0 Å².